The molecule has 84 valence electrons. The van der Waals surface area contributed by atoms with Crippen molar-refractivity contribution in [2.75, 3.05) is 6.54 Å². The van der Waals surface area contributed by atoms with Crippen molar-refractivity contribution >= 4 is 11.6 Å². The van der Waals surface area contributed by atoms with Crippen LogP contribution in [0.25, 0.3) is 11.5 Å². The predicted octanol–water partition coefficient (Wildman–Crippen LogP) is 2.28. The Balaban J connectivity index is 2.18. The molecular weight excluding hydrogens is 226 g/mol. The fraction of sp³-hybridized carbons (Fsp3) is 0.273. The Hall–Kier alpha value is -1.39. The van der Waals surface area contributed by atoms with E-state index in [1.54, 1.807) is 12.1 Å². The molecule has 0 spiro atoms. The first-order valence-corrected chi connectivity index (χ1v) is 5.46. The molecule has 16 heavy (non-hydrogen) atoms. The monoisotopic (exact) mass is 237 g/mol. The smallest absolute Gasteiger partial charge is 0.247 e. The van der Waals surface area contributed by atoms with Crippen molar-refractivity contribution in [3.05, 3.63) is 35.2 Å². The van der Waals surface area contributed by atoms with Crippen LogP contribution in [-0.4, -0.2) is 16.7 Å². The van der Waals surface area contributed by atoms with Gasteiger partial charge < -0.3 is 10.2 Å². The molecule has 0 bridgehead atoms. The lowest BCUT2D eigenvalue weighted by atomic mass is 10.2. The van der Waals surface area contributed by atoms with E-state index in [1.807, 2.05) is 12.1 Å². The molecule has 4 nitrogen and oxygen atoms in total. The van der Waals surface area contributed by atoms with Crippen LogP contribution in [0.4, 0.5) is 0 Å². The Morgan fingerprint density at radius 3 is 2.94 bits per heavy atom. The number of rotatable bonds is 4. The first kappa shape index (κ1) is 11.1. The molecule has 0 saturated carbocycles. The second-order valence-corrected chi connectivity index (χ2v) is 3.84. The quantitative estimate of drug-likeness (QED) is 0.886. The van der Waals surface area contributed by atoms with E-state index in [9.17, 15) is 0 Å². The topological polar surface area (TPSA) is 64.9 Å². The Labute approximate surface area is 98.4 Å². The van der Waals surface area contributed by atoms with Gasteiger partial charge in [0, 0.05) is 17.0 Å². The Kier molecular flexibility index (Phi) is 3.54. The maximum absolute atomic E-state index is 5.88. The molecule has 2 aromatic rings. The first-order valence-electron chi connectivity index (χ1n) is 5.08. The SMILES string of the molecule is NCCCc1nnc(-c2cccc(Cl)c2)o1. The number of hydrogen-bond donors (Lipinski definition) is 1. The minimum absolute atomic E-state index is 0.495. The van der Waals surface area contributed by atoms with Gasteiger partial charge in [0.2, 0.25) is 11.8 Å². The van der Waals surface area contributed by atoms with Crippen molar-refractivity contribution in [2.24, 2.45) is 5.73 Å². The molecule has 1 heterocycles. The molecule has 0 aliphatic heterocycles. The molecule has 5 heteroatoms. The lowest BCUT2D eigenvalue weighted by Gasteiger charge is -1.94. The predicted molar refractivity (Wildman–Crippen MR) is 62.1 cm³/mol. The van der Waals surface area contributed by atoms with Crippen LogP contribution in [-0.2, 0) is 6.42 Å². The van der Waals surface area contributed by atoms with E-state index in [0.717, 1.165) is 12.0 Å². The van der Waals surface area contributed by atoms with E-state index >= 15 is 0 Å². The summed E-state index contributed by atoms with van der Waals surface area (Å²) < 4.78 is 5.49. The highest BCUT2D eigenvalue weighted by atomic mass is 35.5. The highest BCUT2D eigenvalue weighted by Crippen LogP contribution is 2.21. The average Bonchev–Trinajstić information content (AvgIpc) is 2.75. The molecule has 0 aliphatic rings. The number of nitrogens with two attached hydrogens (primary N) is 1. The van der Waals surface area contributed by atoms with Gasteiger partial charge in [0.15, 0.2) is 0 Å². The molecule has 0 saturated heterocycles. The van der Waals surface area contributed by atoms with Gasteiger partial charge in [-0.15, -0.1) is 10.2 Å². The number of halogens is 1. The summed E-state index contributed by atoms with van der Waals surface area (Å²) in [5, 5.41) is 8.56. The van der Waals surface area contributed by atoms with Crippen molar-refractivity contribution in [3.63, 3.8) is 0 Å². The third kappa shape index (κ3) is 2.59. The second kappa shape index (κ2) is 5.09. The molecule has 1 aromatic carbocycles. The highest BCUT2D eigenvalue weighted by molar-refractivity contribution is 6.30. The van der Waals surface area contributed by atoms with Crippen LogP contribution in [0.5, 0.6) is 0 Å². The summed E-state index contributed by atoms with van der Waals surface area (Å²) >= 11 is 5.88. The van der Waals surface area contributed by atoms with Gasteiger partial charge in [-0.1, -0.05) is 17.7 Å². The van der Waals surface area contributed by atoms with E-state index in [4.69, 9.17) is 21.8 Å². The lowest BCUT2D eigenvalue weighted by molar-refractivity contribution is 0.499. The number of benzene rings is 1. The van der Waals surface area contributed by atoms with Crippen LogP contribution in [0.2, 0.25) is 5.02 Å². The fourth-order valence-electron chi connectivity index (χ4n) is 1.35. The van der Waals surface area contributed by atoms with Gasteiger partial charge in [-0.3, -0.25) is 0 Å². The zero-order valence-corrected chi connectivity index (χ0v) is 9.44. The number of aromatic nitrogens is 2. The van der Waals surface area contributed by atoms with E-state index in [-0.39, 0.29) is 0 Å². The Morgan fingerprint density at radius 1 is 1.31 bits per heavy atom. The van der Waals surface area contributed by atoms with Gasteiger partial charge in [0.25, 0.3) is 0 Å². The maximum Gasteiger partial charge on any atom is 0.247 e. The van der Waals surface area contributed by atoms with E-state index in [1.165, 1.54) is 0 Å². The summed E-state index contributed by atoms with van der Waals surface area (Å²) in [6.07, 6.45) is 1.56. The highest BCUT2D eigenvalue weighted by Gasteiger charge is 2.08. The maximum atomic E-state index is 5.88. The third-order valence-electron chi connectivity index (χ3n) is 2.13. The van der Waals surface area contributed by atoms with Crippen LogP contribution in [0, 0.1) is 0 Å². The van der Waals surface area contributed by atoms with Gasteiger partial charge in [-0.25, -0.2) is 0 Å². The molecule has 0 radical (unpaired) electrons. The zero-order valence-electron chi connectivity index (χ0n) is 8.69. The summed E-state index contributed by atoms with van der Waals surface area (Å²) in [7, 11) is 0. The van der Waals surface area contributed by atoms with Crippen molar-refractivity contribution in [1.82, 2.24) is 10.2 Å². The minimum atomic E-state index is 0.495. The Morgan fingerprint density at radius 2 is 2.19 bits per heavy atom. The lowest BCUT2D eigenvalue weighted by Crippen LogP contribution is -2.00. The fourth-order valence-corrected chi connectivity index (χ4v) is 1.54. The van der Waals surface area contributed by atoms with Gasteiger partial charge in [0.05, 0.1) is 0 Å². The molecule has 0 aliphatic carbocycles. The van der Waals surface area contributed by atoms with Gasteiger partial charge in [-0.2, -0.15) is 0 Å². The van der Waals surface area contributed by atoms with Gasteiger partial charge in [-0.05, 0) is 31.2 Å². The van der Waals surface area contributed by atoms with Crippen LogP contribution in [0.15, 0.2) is 28.7 Å². The van der Waals surface area contributed by atoms with Crippen LogP contribution in [0.3, 0.4) is 0 Å². The van der Waals surface area contributed by atoms with Crippen LogP contribution >= 0.6 is 11.6 Å². The number of aryl methyl sites for hydroxylation is 1. The summed E-state index contributed by atoms with van der Waals surface area (Å²) in [4.78, 5) is 0. The van der Waals surface area contributed by atoms with Gasteiger partial charge in [0.1, 0.15) is 0 Å². The molecule has 0 amide bonds. The molecular formula is C11H12ClN3O. The van der Waals surface area contributed by atoms with Crippen LogP contribution in [0.1, 0.15) is 12.3 Å². The van der Waals surface area contributed by atoms with Crippen molar-refractivity contribution in [2.45, 2.75) is 12.8 Å². The normalized spacial score (nSPS) is 10.6. The van der Waals surface area contributed by atoms with E-state index < -0.39 is 0 Å². The summed E-state index contributed by atoms with van der Waals surface area (Å²) in [6, 6.07) is 7.33. The van der Waals surface area contributed by atoms with Gasteiger partial charge >= 0.3 is 0 Å². The molecule has 2 rings (SSSR count). The van der Waals surface area contributed by atoms with Crippen LogP contribution < -0.4 is 5.73 Å². The molecule has 1 aromatic heterocycles. The molecule has 0 atom stereocenters. The first-order chi connectivity index (χ1) is 7.79. The molecule has 2 N–H and O–H groups in total. The largest absolute Gasteiger partial charge is 0.421 e. The summed E-state index contributed by atoms with van der Waals surface area (Å²) in [5.74, 6) is 1.11. The Bertz CT molecular complexity index is 470. The van der Waals surface area contributed by atoms with Crippen molar-refractivity contribution < 1.29 is 4.42 Å². The molecule has 0 fully saturated rings. The van der Waals surface area contributed by atoms with E-state index in [0.29, 0.717) is 29.8 Å². The summed E-state index contributed by atoms with van der Waals surface area (Å²) in [6.45, 7) is 0.620. The van der Waals surface area contributed by atoms with Crippen molar-refractivity contribution in [1.29, 1.82) is 0 Å². The number of hydrogen-bond acceptors (Lipinski definition) is 4. The third-order valence-corrected chi connectivity index (χ3v) is 2.37. The second-order valence-electron chi connectivity index (χ2n) is 3.40. The standard InChI is InChI=1S/C11H12ClN3O/c12-9-4-1-3-8(7-9)11-15-14-10(16-11)5-2-6-13/h1,3-4,7H,2,5-6,13H2. The number of nitrogens with zero attached hydrogens (tertiary/aromatic N) is 2. The van der Waals surface area contributed by atoms with E-state index in [2.05, 4.69) is 10.2 Å². The zero-order chi connectivity index (χ0) is 11.4. The minimum Gasteiger partial charge on any atom is -0.421 e. The van der Waals surface area contributed by atoms with Crippen molar-refractivity contribution in [3.8, 4) is 11.5 Å². The molecule has 0 unspecified atom stereocenters. The summed E-state index contributed by atoms with van der Waals surface area (Å²) in [5.41, 5.74) is 6.24. The average molecular weight is 238 g/mol.